The van der Waals surface area contributed by atoms with Crippen LogP contribution in [0.5, 0.6) is 17.2 Å². The lowest BCUT2D eigenvalue weighted by molar-refractivity contribution is -0.127. The van der Waals surface area contributed by atoms with E-state index < -0.39 is 5.41 Å². The fourth-order valence-corrected chi connectivity index (χ4v) is 3.07. The summed E-state index contributed by atoms with van der Waals surface area (Å²) in [5.41, 5.74) is 0.533. The molecule has 0 unspecified atom stereocenters. The van der Waals surface area contributed by atoms with Crippen LogP contribution in [0, 0.1) is 5.41 Å². The smallest absolute Gasteiger partial charge is 0.262 e. The van der Waals surface area contributed by atoms with Crippen LogP contribution < -0.4 is 24.4 Å². The van der Waals surface area contributed by atoms with E-state index in [1.807, 2.05) is 13.8 Å². The zero-order chi connectivity index (χ0) is 21.7. The predicted octanol–water partition coefficient (Wildman–Crippen LogP) is 3.65. The van der Waals surface area contributed by atoms with E-state index in [1.54, 1.807) is 60.6 Å². The Bertz CT molecular complexity index is 954. The first-order chi connectivity index (χ1) is 14.3. The van der Waals surface area contributed by atoms with Crippen molar-refractivity contribution in [2.45, 2.75) is 13.8 Å². The maximum atomic E-state index is 12.9. The van der Waals surface area contributed by atoms with Crippen LogP contribution in [0.15, 0.2) is 55.1 Å². The van der Waals surface area contributed by atoms with Gasteiger partial charge in [0.05, 0.1) is 18.2 Å². The maximum absolute atomic E-state index is 12.9. The van der Waals surface area contributed by atoms with Crippen molar-refractivity contribution in [2.75, 3.05) is 37.1 Å². The number of hydrogen-bond acceptors (Lipinski definition) is 5. The highest BCUT2D eigenvalue weighted by Crippen LogP contribution is 2.38. The van der Waals surface area contributed by atoms with Gasteiger partial charge in [0.15, 0.2) is 6.61 Å². The van der Waals surface area contributed by atoms with E-state index in [0.29, 0.717) is 35.2 Å². The second-order valence-electron chi connectivity index (χ2n) is 7.58. The van der Waals surface area contributed by atoms with Crippen molar-refractivity contribution in [3.8, 4) is 17.2 Å². The van der Waals surface area contributed by atoms with E-state index in [-0.39, 0.29) is 25.0 Å². The molecule has 0 saturated carbocycles. The molecule has 0 aromatic heterocycles. The number of fused-ring (bicyclic) bond motifs is 1. The van der Waals surface area contributed by atoms with Crippen molar-refractivity contribution < 1.29 is 23.8 Å². The number of nitrogens with one attached hydrogen (secondary N) is 1. The van der Waals surface area contributed by atoms with Crippen molar-refractivity contribution >= 4 is 23.2 Å². The van der Waals surface area contributed by atoms with Crippen molar-refractivity contribution in [1.29, 1.82) is 0 Å². The molecule has 1 aliphatic rings. The molecule has 7 nitrogen and oxygen atoms in total. The third-order valence-electron chi connectivity index (χ3n) is 4.67. The number of amides is 2. The average molecular weight is 410 g/mol. The highest BCUT2D eigenvalue weighted by molar-refractivity contribution is 6.00. The van der Waals surface area contributed by atoms with Crippen LogP contribution in [0.25, 0.3) is 0 Å². The SMILES string of the molecule is C=CCN1C(=O)C(C)(C)COc2cc(NC(=O)COc3cccc(OC)c3)ccc21. The fourth-order valence-electron chi connectivity index (χ4n) is 3.07. The molecule has 0 fully saturated rings. The molecule has 0 bridgehead atoms. The minimum absolute atomic E-state index is 0.0374. The Kier molecular flexibility index (Phi) is 6.30. The number of carbonyl (C=O) groups excluding carboxylic acids is 2. The van der Waals surface area contributed by atoms with Gasteiger partial charge in [-0.25, -0.2) is 0 Å². The van der Waals surface area contributed by atoms with Gasteiger partial charge in [-0.3, -0.25) is 9.59 Å². The summed E-state index contributed by atoms with van der Waals surface area (Å²) in [5.74, 6) is 1.37. The molecule has 2 amide bonds. The summed E-state index contributed by atoms with van der Waals surface area (Å²) in [6, 6.07) is 12.2. The molecule has 0 spiro atoms. The lowest BCUT2D eigenvalue weighted by Gasteiger charge is -2.27. The number of benzene rings is 2. The van der Waals surface area contributed by atoms with Crippen molar-refractivity contribution in [2.24, 2.45) is 5.41 Å². The Morgan fingerprint density at radius 3 is 2.77 bits per heavy atom. The Labute approximate surface area is 176 Å². The number of nitrogens with zero attached hydrogens (tertiary/aromatic N) is 1. The number of rotatable bonds is 7. The Morgan fingerprint density at radius 1 is 1.27 bits per heavy atom. The van der Waals surface area contributed by atoms with E-state index in [1.165, 1.54) is 0 Å². The van der Waals surface area contributed by atoms with Crippen LogP contribution in [-0.4, -0.2) is 38.7 Å². The summed E-state index contributed by atoms with van der Waals surface area (Å²) in [4.78, 5) is 26.8. The predicted molar refractivity (Wildman–Crippen MR) is 115 cm³/mol. The lowest BCUT2D eigenvalue weighted by Crippen LogP contribution is -2.42. The first-order valence-corrected chi connectivity index (χ1v) is 9.60. The maximum Gasteiger partial charge on any atom is 0.262 e. The van der Waals surface area contributed by atoms with Crippen molar-refractivity contribution in [3.05, 3.63) is 55.1 Å². The normalized spacial score (nSPS) is 14.8. The average Bonchev–Trinajstić information content (AvgIpc) is 2.83. The quantitative estimate of drug-likeness (QED) is 0.705. The Balaban J connectivity index is 1.71. The number of carbonyl (C=O) groups is 2. The summed E-state index contributed by atoms with van der Waals surface area (Å²) < 4.78 is 16.6. The molecule has 0 radical (unpaired) electrons. The van der Waals surface area contributed by atoms with E-state index in [0.717, 1.165) is 0 Å². The largest absolute Gasteiger partial charge is 0.497 e. The second-order valence-corrected chi connectivity index (χ2v) is 7.58. The van der Waals surface area contributed by atoms with Gasteiger partial charge >= 0.3 is 0 Å². The van der Waals surface area contributed by atoms with E-state index in [4.69, 9.17) is 14.2 Å². The van der Waals surface area contributed by atoms with Crippen molar-refractivity contribution in [3.63, 3.8) is 0 Å². The topological polar surface area (TPSA) is 77.1 Å². The van der Waals surface area contributed by atoms with Gasteiger partial charge in [-0.2, -0.15) is 0 Å². The first kappa shape index (κ1) is 21.2. The van der Waals surface area contributed by atoms with E-state index in [9.17, 15) is 9.59 Å². The van der Waals surface area contributed by atoms with Gasteiger partial charge in [-0.05, 0) is 38.1 Å². The molecule has 0 saturated heterocycles. The number of methoxy groups -OCH3 is 1. The molecule has 1 heterocycles. The van der Waals surface area contributed by atoms with Crippen LogP contribution in [0.3, 0.4) is 0 Å². The van der Waals surface area contributed by atoms with E-state index >= 15 is 0 Å². The Morgan fingerprint density at radius 2 is 2.03 bits per heavy atom. The van der Waals surface area contributed by atoms with Gasteiger partial charge in [0.2, 0.25) is 5.91 Å². The third-order valence-corrected chi connectivity index (χ3v) is 4.67. The first-order valence-electron chi connectivity index (χ1n) is 9.60. The number of anilines is 2. The monoisotopic (exact) mass is 410 g/mol. The zero-order valence-electron chi connectivity index (χ0n) is 17.4. The lowest BCUT2D eigenvalue weighted by atomic mass is 9.93. The number of hydrogen-bond donors (Lipinski definition) is 1. The van der Waals surface area contributed by atoms with Gasteiger partial charge < -0.3 is 24.4 Å². The molecule has 7 heteroatoms. The van der Waals surface area contributed by atoms with Crippen LogP contribution in [0.4, 0.5) is 11.4 Å². The van der Waals surface area contributed by atoms with Crippen LogP contribution in [-0.2, 0) is 9.59 Å². The fraction of sp³-hybridized carbons (Fsp3) is 0.304. The molecule has 1 N–H and O–H groups in total. The molecule has 3 rings (SSSR count). The van der Waals surface area contributed by atoms with Gasteiger partial charge in [0, 0.05) is 24.4 Å². The minimum Gasteiger partial charge on any atom is -0.497 e. The summed E-state index contributed by atoms with van der Waals surface area (Å²) in [5, 5.41) is 2.79. The Hall–Kier alpha value is -3.48. The summed E-state index contributed by atoms with van der Waals surface area (Å²) in [6.07, 6.45) is 1.68. The summed E-state index contributed by atoms with van der Waals surface area (Å²) in [7, 11) is 1.57. The second kappa shape index (κ2) is 8.90. The van der Waals surface area contributed by atoms with Crippen LogP contribution >= 0.6 is 0 Å². The van der Waals surface area contributed by atoms with Gasteiger partial charge in [0.25, 0.3) is 5.91 Å². The molecule has 2 aromatic carbocycles. The molecule has 1 aliphatic heterocycles. The molecule has 30 heavy (non-hydrogen) atoms. The minimum atomic E-state index is -0.671. The molecule has 158 valence electrons. The zero-order valence-corrected chi connectivity index (χ0v) is 17.4. The molecular formula is C23H26N2O5. The molecule has 2 aromatic rings. The third kappa shape index (κ3) is 4.74. The molecular weight excluding hydrogens is 384 g/mol. The standard InChI is InChI=1S/C23H26N2O5/c1-5-11-25-19-10-9-16(12-20(19)30-15-23(2,3)22(25)27)24-21(26)14-29-18-8-6-7-17(13-18)28-4/h5-10,12-13H,1,11,14-15H2,2-4H3,(H,24,26). The number of ether oxygens (including phenoxy) is 3. The van der Waals surface area contributed by atoms with Gasteiger partial charge in [-0.15, -0.1) is 6.58 Å². The summed E-state index contributed by atoms with van der Waals surface area (Å²) >= 11 is 0. The van der Waals surface area contributed by atoms with E-state index in [2.05, 4.69) is 11.9 Å². The van der Waals surface area contributed by atoms with Crippen LogP contribution in [0.1, 0.15) is 13.8 Å². The van der Waals surface area contributed by atoms with Crippen molar-refractivity contribution in [1.82, 2.24) is 0 Å². The highest BCUT2D eigenvalue weighted by atomic mass is 16.5. The van der Waals surface area contributed by atoms with Gasteiger partial charge in [-0.1, -0.05) is 12.1 Å². The van der Waals surface area contributed by atoms with Gasteiger partial charge in [0.1, 0.15) is 23.9 Å². The highest BCUT2D eigenvalue weighted by Gasteiger charge is 2.37. The van der Waals surface area contributed by atoms with Crippen LogP contribution in [0.2, 0.25) is 0 Å². The molecule has 0 aliphatic carbocycles. The molecule has 0 atom stereocenters. The summed E-state index contributed by atoms with van der Waals surface area (Å²) in [6.45, 7) is 7.89.